The lowest BCUT2D eigenvalue weighted by atomic mass is 10.1. The van der Waals surface area contributed by atoms with Crippen molar-refractivity contribution in [2.45, 2.75) is 187 Å². The summed E-state index contributed by atoms with van der Waals surface area (Å²) in [6.45, 7) is 3.39. The van der Waals surface area contributed by atoms with Crippen molar-refractivity contribution in [2.75, 3.05) is 26.4 Å². The van der Waals surface area contributed by atoms with Crippen LogP contribution in [0.15, 0.2) is 194 Å². The van der Waals surface area contributed by atoms with E-state index in [1.165, 1.54) is 0 Å². The topological polar surface area (TPSA) is 134 Å². The Kier molecular flexibility index (Phi) is 56.1. The lowest BCUT2D eigenvalue weighted by molar-refractivity contribution is -0.161. The van der Waals surface area contributed by atoms with Crippen molar-refractivity contribution < 1.29 is 37.6 Å². The highest BCUT2D eigenvalue weighted by atomic mass is 31.2. The molecule has 0 aliphatic carbocycles. The highest BCUT2D eigenvalue weighted by Crippen LogP contribution is 2.43. The summed E-state index contributed by atoms with van der Waals surface area (Å²) < 4.78 is 32.9. The van der Waals surface area contributed by atoms with Gasteiger partial charge in [0.15, 0.2) is 6.10 Å². The van der Waals surface area contributed by atoms with Crippen LogP contribution in [0, 0.1) is 0 Å². The third-order valence-electron chi connectivity index (χ3n) is 11.0. The highest BCUT2D eigenvalue weighted by molar-refractivity contribution is 7.47. The van der Waals surface area contributed by atoms with Crippen LogP contribution in [0.1, 0.15) is 181 Å². The number of hydrogen-bond donors (Lipinski definition) is 2. The van der Waals surface area contributed by atoms with Gasteiger partial charge in [-0.25, -0.2) is 4.57 Å². The maximum atomic E-state index is 12.7. The zero-order chi connectivity index (χ0) is 55.9. The van der Waals surface area contributed by atoms with Gasteiger partial charge in [-0.3, -0.25) is 18.6 Å². The lowest BCUT2D eigenvalue weighted by Gasteiger charge is -2.19. The van der Waals surface area contributed by atoms with Gasteiger partial charge in [0.05, 0.1) is 13.2 Å². The summed E-state index contributed by atoms with van der Waals surface area (Å²) in [5.41, 5.74) is 5.37. The van der Waals surface area contributed by atoms with E-state index in [4.69, 9.17) is 24.3 Å². The first-order valence-corrected chi connectivity index (χ1v) is 30.4. The van der Waals surface area contributed by atoms with E-state index in [0.717, 1.165) is 141 Å². The highest BCUT2D eigenvalue weighted by Gasteiger charge is 2.26. The second-order valence-corrected chi connectivity index (χ2v) is 19.5. The minimum atomic E-state index is -4.42. The van der Waals surface area contributed by atoms with Gasteiger partial charge in [-0.2, -0.15) is 0 Å². The standard InChI is InChI=1S/C67H102NO8P/c1-3-5-7-9-11-13-15-17-19-21-23-25-27-28-29-30-31-32-33-34-35-36-38-40-42-44-46-48-50-52-54-56-58-60-67(70)76-65(64-75-77(71,72)74-62-61-68)63-73-66(69)59-57-55-53-51-49-47-45-43-41-39-37-26-24-22-20-18-16-14-12-10-8-6-4-2/h5-8,11-14,17-20,23-26,28-29,31-32,34-35,38-41,44-47,50,52,65H,3-4,9-10,15-16,21-22,27,30,33,36-37,42-43,48-49,51,53-64,68H2,1-2H3,(H,71,72)/b7-5-,8-6-,13-11-,14-12-,19-17-,20-18-,25-23-,26-24-,29-28-,32-31-,35-34-,40-38-,41-39-,46-44-,47-45-,52-50-. The molecule has 0 aliphatic heterocycles. The Morgan fingerprint density at radius 2 is 0.675 bits per heavy atom. The molecule has 9 nitrogen and oxygen atoms in total. The lowest BCUT2D eigenvalue weighted by Crippen LogP contribution is -2.29. The van der Waals surface area contributed by atoms with E-state index >= 15 is 0 Å². The minimum absolute atomic E-state index is 0.0300. The second kappa shape index (κ2) is 60.1. The number of phosphoric acid groups is 1. The zero-order valence-corrected chi connectivity index (χ0v) is 48.5. The Labute approximate surface area is 468 Å². The molecular formula is C67H102NO8P. The van der Waals surface area contributed by atoms with E-state index in [1.807, 2.05) is 0 Å². The molecular weight excluding hydrogens is 978 g/mol. The van der Waals surface area contributed by atoms with Crippen molar-refractivity contribution >= 4 is 19.8 Å². The number of phosphoric ester groups is 1. The molecule has 0 rings (SSSR count). The number of esters is 2. The van der Waals surface area contributed by atoms with Gasteiger partial charge in [0.2, 0.25) is 0 Å². The van der Waals surface area contributed by atoms with E-state index in [9.17, 15) is 19.0 Å². The molecule has 0 aliphatic rings. The normalized spacial score (nSPS) is 14.5. The number of allylic oxidation sites excluding steroid dienone is 32. The van der Waals surface area contributed by atoms with Crippen LogP contribution in [0.5, 0.6) is 0 Å². The van der Waals surface area contributed by atoms with Crippen LogP contribution in [0.2, 0.25) is 0 Å². The molecule has 10 heteroatoms. The third-order valence-corrected chi connectivity index (χ3v) is 12.0. The quantitative estimate of drug-likeness (QED) is 0.0264. The summed E-state index contributed by atoms with van der Waals surface area (Å²) in [6.07, 6.45) is 92.0. The number of unbranched alkanes of at least 4 members (excludes halogenated alkanes) is 6. The zero-order valence-electron chi connectivity index (χ0n) is 47.6. The summed E-state index contributed by atoms with van der Waals surface area (Å²) in [7, 11) is -4.42. The van der Waals surface area contributed by atoms with Gasteiger partial charge in [-0.05, 0) is 141 Å². The Morgan fingerprint density at radius 1 is 0.390 bits per heavy atom. The van der Waals surface area contributed by atoms with Crippen LogP contribution in [0.4, 0.5) is 0 Å². The molecule has 0 radical (unpaired) electrons. The molecule has 0 amide bonds. The first kappa shape index (κ1) is 71.8. The molecule has 2 unspecified atom stereocenters. The Morgan fingerprint density at radius 3 is 1.01 bits per heavy atom. The summed E-state index contributed by atoms with van der Waals surface area (Å²) >= 11 is 0. The molecule has 0 saturated heterocycles. The van der Waals surface area contributed by atoms with Crippen LogP contribution in [-0.2, 0) is 32.7 Å². The fraction of sp³-hybridized carbons (Fsp3) is 0.493. The van der Waals surface area contributed by atoms with Crippen molar-refractivity contribution in [1.29, 1.82) is 0 Å². The van der Waals surface area contributed by atoms with Gasteiger partial charge in [-0.1, -0.05) is 221 Å². The average Bonchev–Trinajstić information content (AvgIpc) is 3.42. The van der Waals surface area contributed by atoms with Crippen molar-refractivity contribution in [3.63, 3.8) is 0 Å². The molecule has 0 fully saturated rings. The van der Waals surface area contributed by atoms with Gasteiger partial charge in [-0.15, -0.1) is 0 Å². The SMILES string of the molecule is CC/C=C\C/C=C\C/C=C\C/C=C\C/C=C\C/C=C\C/C=C\C/C=C\C/C=C\C/C=C\CCCCC(=O)OC(COC(=O)CCCCCC/C=C\C/C=C\C/C=C\C/C=C\C/C=C\C/C=C\CC)COP(=O)(O)OCCN. The van der Waals surface area contributed by atoms with Gasteiger partial charge >= 0.3 is 19.8 Å². The van der Waals surface area contributed by atoms with Crippen LogP contribution >= 0.6 is 7.82 Å². The monoisotopic (exact) mass is 1080 g/mol. The number of rotatable bonds is 51. The molecule has 0 aromatic rings. The third kappa shape index (κ3) is 59.9. The van der Waals surface area contributed by atoms with Crippen LogP contribution in [-0.4, -0.2) is 49.3 Å². The minimum Gasteiger partial charge on any atom is -0.462 e. The summed E-state index contributed by atoms with van der Waals surface area (Å²) in [5, 5.41) is 0. The van der Waals surface area contributed by atoms with Gasteiger partial charge in [0, 0.05) is 19.4 Å². The molecule has 0 spiro atoms. The van der Waals surface area contributed by atoms with E-state index in [-0.39, 0.29) is 32.6 Å². The van der Waals surface area contributed by atoms with Crippen molar-refractivity contribution in [3.8, 4) is 0 Å². The maximum absolute atomic E-state index is 12.7. The number of hydrogen-bond acceptors (Lipinski definition) is 8. The van der Waals surface area contributed by atoms with Crippen molar-refractivity contribution in [2.24, 2.45) is 5.73 Å². The fourth-order valence-corrected chi connectivity index (χ4v) is 7.55. The Bertz CT molecular complexity index is 1950. The fourth-order valence-electron chi connectivity index (χ4n) is 6.78. The first-order valence-electron chi connectivity index (χ1n) is 28.9. The summed E-state index contributed by atoms with van der Waals surface area (Å²) in [5.74, 6) is -0.929. The number of carbonyl (C=O) groups excluding carboxylic acids is 2. The molecule has 0 bridgehead atoms. The summed E-state index contributed by atoms with van der Waals surface area (Å²) in [4.78, 5) is 35.2. The second-order valence-electron chi connectivity index (χ2n) is 18.0. The molecule has 3 N–H and O–H groups in total. The summed E-state index contributed by atoms with van der Waals surface area (Å²) in [6, 6.07) is 0. The largest absolute Gasteiger partial charge is 0.472 e. The van der Waals surface area contributed by atoms with E-state index < -0.39 is 32.5 Å². The van der Waals surface area contributed by atoms with E-state index in [1.54, 1.807) is 0 Å². The first-order chi connectivity index (χ1) is 37.8. The van der Waals surface area contributed by atoms with Crippen LogP contribution < -0.4 is 5.73 Å². The Balaban J connectivity index is 4.21. The number of ether oxygens (including phenoxy) is 2. The van der Waals surface area contributed by atoms with Crippen molar-refractivity contribution in [3.05, 3.63) is 194 Å². The molecule has 0 saturated carbocycles. The molecule has 2 atom stereocenters. The van der Waals surface area contributed by atoms with Crippen molar-refractivity contribution in [1.82, 2.24) is 0 Å². The molecule has 77 heavy (non-hydrogen) atoms. The average molecular weight is 1080 g/mol. The van der Waals surface area contributed by atoms with E-state index in [0.29, 0.717) is 12.8 Å². The number of nitrogens with two attached hydrogens (primary N) is 1. The predicted octanol–water partition coefficient (Wildman–Crippen LogP) is 18.6. The molecule has 428 valence electrons. The van der Waals surface area contributed by atoms with Gasteiger partial charge in [0.1, 0.15) is 6.61 Å². The predicted molar refractivity (Wildman–Crippen MR) is 329 cm³/mol. The smallest absolute Gasteiger partial charge is 0.462 e. The Hall–Kier alpha value is -5.15. The molecule has 0 heterocycles. The molecule has 0 aromatic heterocycles. The van der Waals surface area contributed by atoms with Crippen LogP contribution in [0.25, 0.3) is 0 Å². The van der Waals surface area contributed by atoms with Gasteiger partial charge < -0.3 is 20.1 Å². The van der Waals surface area contributed by atoms with Gasteiger partial charge in [0.25, 0.3) is 0 Å². The van der Waals surface area contributed by atoms with E-state index in [2.05, 4.69) is 208 Å². The molecule has 0 aromatic carbocycles. The maximum Gasteiger partial charge on any atom is 0.472 e. The number of carbonyl (C=O) groups is 2. The van der Waals surface area contributed by atoms with Crippen LogP contribution in [0.3, 0.4) is 0 Å².